The summed E-state index contributed by atoms with van der Waals surface area (Å²) >= 11 is 3.98. The molecule has 0 saturated carbocycles. The largest absolute Gasteiger partial charge is 0.356 e. The summed E-state index contributed by atoms with van der Waals surface area (Å²) in [6, 6.07) is 0. The molecule has 1 radical (unpaired) electrons. The van der Waals surface area contributed by atoms with E-state index in [2.05, 4.69) is 22.1 Å². The van der Waals surface area contributed by atoms with E-state index >= 15 is 0 Å². The Labute approximate surface area is 72.8 Å². The maximum Gasteiger partial charge on any atom is 0.202 e. The summed E-state index contributed by atoms with van der Waals surface area (Å²) in [5, 5.41) is 0. The van der Waals surface area contributed by atoms with E-state index in [0.717, 1.165) is 0 Å². The fourth-order valence-corrected chi connectivity index (χ4v) is 2.81. The molecule has 2 nitrogen and oxygen atoms in total. The molecule has 0 aliphatic rings. The summed E-state index contributed by atoms with van der Waals surface area (Å²) in [5.41, 5.74) is 0. The minimum atomic E-state index is -1.12. The number of hydrogen-bond donors (Lipinski definition) is 1. The van der Waals surface area contributed by atoms with Crippen molar-refractivity contribution in [2.45, 2.75) is 6.82 Å². The monoisotopic (exact) mass is 199 g/mol. The first kappa shape index (κ1) is 11.1. The lowest BCUT2D eigenvalue weighted by Crippen LogP contribution is -2.11. The van der Waals surface area contributed by atoms with Crippen molar-refractivity contribution in [2.24, 2.45) is 0 Å². The molecular weight excluding hydrogens is 186 g/mol. The van der Waals surface area contributed by atoms with E-state index in [-0.39, 0.29) is 0 Å². The van der Waals surface area contributed by atoms with Crippen LogP contribution in [0.2, 0.25) is 6.82 Å². The van der Waals surface area contributed by atoms with Crippen molar-refractivity contribution >= 4 is 38.8 Å². The van der Waals surface area contributed by atoms with Gasteiger partial charge in [0.15, 0.2) is 0 Å². The molecule has 2 atom stereocenters. The third kappa shape index (κ3) is 4.09. The van der Waals surface area contributed by atoms with E-state index in [4.69, 9.17) is 8.71 Å². The molecule has 0 aromatic carbocycles. The van der Waals surface area contributed by atoms with Crippen molar-refractivity contribution in [3.63, 3.8) is 0 Å². The molecule has 10 heavy (non-hydrogen) atoms. The molecule has 61 valence electrons. The van der Waals surface area contributed by atoms with E-state index in [1.165, 1.54) is 0 Å². The molecule has 0 heterocycles. The standard InChI is InChI=1S/C4H13BO2PS2/c1-5-10(2,4-6-8)7-3-9/h9H,3-4,8H2,1-2H3. The summed E-state index contributed by atoms with van der Waals surface area (Å²) in [7, 11) is 1.10. The van der Waals surface area contributed by atoms with Crippen molar-refractivity contribution in [3.8, 4) is 0 Å². The molecule has 0 aliphatic heterocycles. The zero-order valence-electron chi connectivity index (χ0n) is 6.24. The second-order valence-corrected chi connectivity index (χ2v) is 5.52. The van der Waals surface area contributed by atoms with Crippen molar-refractivity contribution in [2.75, 3.05) is 18.1 Å². The van der Waals surface area contributed by atoms with Crippen LogP contribution in [0.25, 0.3) is 0 Å². The zero-order chi connectivity index (χ0) is 8.04. The highest BCUT2D eigenvalue weighted by Crippen LogP contribution is 2.43. The van der Waals surface area contributed by atoms with E-state index < -0.39 is 10.2 Å². The zero-order valence-corrected chi connectivity index (χ0v) is 9.11. The second-order valence-electron chi connectivity index (χ2n) is 1.84. The summed E-state index contributed by atoms with van der Waals surface area (Å²) in [5.74, 6) is 1.07. The van der Waals surface area contributed by atoms with Gasteiger partial charge in [0.2, 0.25) is 6.56 Å². The highest BCUT2D eigenvalue weighted by Gasteiger charge is 2.15. The Balaban J connectivity index is 3.69. The van der Waals surface area contributed by atoms with Crippen LogP contribution >= 0.6 is 32.3 Å². The second kappa shape index (κ2) is 5.73. The molecule has 0 spiro atoms. The van der Waals surface area contributed by atoms with Crippen molar-refractivity contribution in [3.05, 3.63) is 0 Å². The van der Waals surface area contributed by atoms with Crippen LogP contribution in [-0.4, -0.2) is 24.7 Å². The van der Waals surface area contributed by atoms with Gasteiger partial charge >= 0.3 is 0 Å². The number of hydrogen-bond acceptors (Lipinski definition) is 3. The van der Waals surface area contributed by atoms with Crippen LogP contribution in [0.4, 0.5) is 0 Å². The Kier molecular flexibility index (Phi) is 6.36. The first-order chi connectivity index (χ1) is 4.68. The number of thiol groups is 1. The van der Waals surface area contributed by atoms with Gasteiger partial charge in [-0.1, -0.05) is 6.82 Å². The Bertz CT molecular complexity index is 89.3. The minimum Gasteiger partial charge on any atom is -0.356 e. The summed E-state index contributed by atoms with van der Waals surface area (Å²) < 4.78 is 10.3. The van der Waals surface area contributed by atoms with Gasteiger partial charge in [-0.3, -0.25) is 0 Å². The van der Waals surface area contributed by atoms with Gasteiger partial charge in [0.05, 0.1) is 5.94 Å². The lowest BCUT2D eigenvalue weighted by Gasteiger charge is -2.32. The Morgan fingerprint density at radius 1 is 1.70 bits per heavy atom. The molecule has 0 bridgehead atoms. The van der Waals surface area contributed by atoms with Crippen molar-refractivity contribution < 1.29 is 8.71 Å². The molecule has 2 unspecified atom stereocenters. The minimum absolute atomic E-state index is 0.449. The van der Waals surface area contributed by atoms with Crippen molar-refractivity contribution in [1.82, 2.24) is 0 Å². The van der Waals surface area contributed by atoms with E-state index in [0.29, 0.717) is 11.9 Å². The normalized spacial score (nSPS) is 19.6. The maximum absolute atomic E-state index is 5.37. The fraction of sp³-hybridized carbons (Fsp3) is 1.00. The molecule has 0 saturated heterocycles. The van der Waals surface area contributed by atoms with Crippen LogP contribution in [-0.2, 0) is 8.71 Å². The molecule has 0 aromatic rings. The summed E-state index contributed by atoms with van der Waals surface area (Å²) in [6.45, 7) is 4.01. The number of rotatable bonds is 5. The summed E-state index contributed by atoms with van der Waals surface area (Å²) in [4.78, 5) is 0. The lowest BCUT2D eigenvalue weighted by molar-refractivity contribution is 0.404. The van der Waals surface area contributed by atoms with Crippen LogP contribution in [0.1, 0.15) is 0 Å². The molecule has 6 heteroatoms. The Hall–Kier alpha value is 1.11. The molecule has 0 fully saturated rings. The van der Waals surface area contributed by atoms with Gasteiger partial charge in [-0.2, -0.15) is 22.8 Å². The van der Waals surface area contributed by atoms with Crippen LogP contribution in [0.3, 0.4) is 0 Å². The van der Waals surface area contributed by atoms with Crippen LogP contribution in [0.5, 0.6) is 0 Å². The fourth-order valence-electron chi connectivity index (χ4n) is 0.426. The summed E-state index contributed by atoms with van der Waals surface area (Å²) in [6.07, 6.45) is 2.04. The Morgan fingerprint density at radius 3 is 2.60 bits per heavy atom. The molecule has 0 rings (SSSR count). The van der Waals surface area contributed by atoms with Crippen molar-refractivity contribution in [1.29, 1.82) is 0 Å². The van der Waals surface area contributed by atoms with Gasteiger partial charge in [-0.05, 0) is 6.26 Å². The molecule has 0 N–H and O–H groups in total. The molecule has 0 aliphatic carbocycles. The highest BCUT2D eigenvalue weighted by atomic mass is 32.3. The smallest absolute Gasteiger partial charge is 0.202 e. The van der Waals surface area contributed by atoms with Crippen LogP contribution in [0.15, 0.2) is 0 Å². The predicted octanol–water partition coefficient (Wildman–Crippen LogP) is 1.67. The predicted molar refractivity (Wildman–Crippen MR) is 55.7 cm³/mol. The third-order valence-electron chi connectivity index (χ3n) is 1.12. The topological polar surface area (TPSA) is 18.5 Å². The van der Waals surface area contributed by atoms with Gasteiger partial charge in [0.25, 0.3) is 0 Å². The SMILES string of the molecule is C[B]S(C)(COP)OCS. The molecule has 0 aromatic heterocycles. The van der Waals surface area contributed by atoms with Crippen LogP contribution < -0.4 is 0 Å². The third-order valence-corrected chi connectivity index (χ3v) is 4.09. The average Bonchev–Trinajstić information content (AvgIpc) is 1.89. The van der Waals surface area contributed by atoms with Gasteiger partial charge in [0.1, 0.15) is 5.94 Å². The van der Waals surface area contributed by atoms with E-state index in [1.807, 2.05) is 19.6 Å². The van der Waals surface area contributed by atoms with Gasteiger partial charge in [0, 0.05) is 9.47 Å². The van der Waals surface area contributed by atoms with Crippen LogP contribution in [0, 0.1) is 0 Å². The molecule has 0 amide bonds. The van der Waals surface area contributed by atoms with E-state index in [9.17, 15) is 0 Å². The lowest BCUT2D eigenvalue weighted by atomic mass is 10.2. The Morgan fingerprint density at radius 2 is 2.30 bits per heavy atom. The maximum atomic E-state index is 5.37. The quantitative estimate of drug-likeness (QED) is 0.314. The first-order valence-electron chi connectivity index (χ1n) is 2.81. The van der Waals surface area contributed by atoms with Gasteiger partial charge in [-0.25, -0.2) is 0 Å². The first-order valence-corrected chi connectivity index (χ1v) is 6.11. The molecular formula is C4H13BO2PS2. The van der Waals surface area contributed by atoms with Gasteiger partial charge < -0.3 is 8.71 Å². The highest BCUT2D eigenvalue weighted by molar-refractivity contribution is 8.48. The van der Waals surface area contributed by atoms with E-state index in [1.54, 1.807) is 0 Å². The average molecular weight is 199 g/mol. The van der Waals surface area contributed by atoms with Gasteiger partial charge in [-0.15, -0.1) is 0 Å².